The zero-order valence-electron chi connectivity index (χ0n) is 13.2. The molecule has 0 aromatic heterocycles. The van der Waals surface area contributed by atoms with Crippen LogP contribution in [0.2, 0.25) is 5.02 Å². The molecular weight excluding hydrogens is 288 g/mol. The van der Waals surface area contributed by atoms with Gasteiger partial charge in [-0.3, -0.25) is 0 Å². The number of aryl methyl sites for hydroxylation is 1. The van der Waals surface area contributed by atoms with Crippen LogP contribution in [0.5, 0.6) is 0 Å². The molecule has 22 heavy (non-hydrogen) atoms. The Balaban J connectivity index is 1.85. The first kappa shape index (κ1) is 16.7. The predicted molar refractivity (Wildman–Crippen MR) is 96.3 cm³/mol. The van der Waals surface area contributed by atoms with Crippen LogP contribution in [-0.4, -0.2) is 0 Å². The molecule has 2 aromatic carbocycles. The summed E-state index contributed by atoms with van der Waals surface area (Å²) in [5.74, 6) is 6.36. The van der Waals surface area contributed by atoms with Crippen molar-refractivity contribution < 1.29 is 0 Å². The van der Waals surface area contributed by atoms with Gasteiger partial charge in [0.1, 0.15) is 0 Å². The van der Waals surface area contributed by atoms with E-state index in [1.165, 1.54) is 44.1 Å². The fourth-order valence-corrected chi connectivity index (χ4v) is 2.49. The van der Waals surface area contributed by atoms with Crippen LogP contribution in [-0.2, 0) is 6.42 Å². The quantitative estimate of drug-likeness (QED) is 0.437. The lowest BCUT2D eigenvalue weighted by atomic mass is 10.0. The molecule has 1 heteroatoms. The van der Waals surface area contributed by atoms with E-state index < -0.39 is 0 Å². The van der Waals surface area contributed by atoms with Gasteiger partial charge in [-0.1, -0.05) is 68.2 Å². The van der Waals surface area contributed by atoms with Crippen LogP contribution >= 0.6 is 11.6 Å². The van der Waals surface area contributed by atoms with Crippen molar-refractivity contribution in [2.45, 2.75) is 45.4 Å². The molecule has 0 unspecified atom stereocenters. The summed E-state index contributed by atoms with van der Waals surface area (Å²) >= 11 is 5.87. The SMILES string of the molecule is CCCCCCCc1ccc(C#Cc2ccc(Cl)cc2)cc1. The molecular formula is C21H23Cl. The molecule has 0 fully saturated rings. The highest BCUT2D eigenvalue weighted by Gasteiger charge is 1.94. The lowest BCUT2D eigenvalue weighted by Gasteiger charge is -2.01. The number of hydrogen-bond donors (Lipinski definition) is 0. The summed E-state index contributed by atoms with van der Waals surface area (Å²) in [4.78, 5) is 0. The van der Waals surface area contributed by atoms with E-state index in [-0.39, 0.29) is 0 Å². The molecule has 0 aliphatic heterocycles. The van der Waals surface area contributed by atoms with E-state index >= 15 is 0 Å². The molecule has 0 bridgehead atoms. The second kappa shape index (κ2) is 9.34. The van der Waals surface area contributed by atoms with Gasteiger partial charge in [-0.25, -0.2) is 0 Å². The minimum absolute atomic E-state index is 0.744. The third kappa shape index (κ3) is 5.96. The smallest absolute Gasteiger partial charge is 0.0406 e. The number of benzene rings is 2. The zero-order chi connectivity index (χ0) is 15.6. The van der Waals surface area contributed by atoms with Crippen LogP contribution in [0.15, 0.2) is 48.5 Å². The van der Waals surface area contributed by atoms with Gasteiger partial charge in [0.25, 0.3) is 0 Å². The minimum atomic E-state index is 0.744. The van der Waals surface area contributed by atoms with Crippen molar-refractivity contribution >= 4 is 11.6 Å². The van der Waals surface area contributed by atoms with Gasteiger partial charge in [-0.2, -0.15) is 0 Å². The molecule has 0 nitrogen and oxygen atoms in total. The van der Waals surface area contributed by atoms with Crippen molar-refractivity contribution in [2.75, 3.05) is 0 Å². The van der Waals surface area contributed by atoms with Crippen molar-refractivity contribution in [3.8, 4) is 11.8 Å². The summed E-state index contributed by atoms with van der Waals surface area (Å²) in [6, 6.07) is 16.3. The Morgan fingerprint density at radius 1 is 0.727 bits per heavy atom. The first-order valence-electron chi connectivity index (χ1n) is 8.14. The van der Waals surface area contributed by atoms with Crippen molar-refractivity contribution in [3.05, 3.63) is 70.2 Å². The molecule has 0 saturated heterocycles. The van der Waals surface area contributed by atoms with Crippen LogP contribution in [0.4, 0.5) is 0 Å². The van der Waals surface area contributed by atoms with E-state index in [9.17, 15) is 0 Å². The second-order valence-electron chi connectivity index (χ2n) is 5.62. The molecule has 0 N–H and O–H groups in total. The van der Waals surface area contributed by atoms with Gasteiger partial charge in [-0.05, 0) is 54.8 Å². The maximum absolute atomic E-state index is 5.87. The second-order valence-corrected chi connectivity index (χ2v) is 6.05. The maximum Gasteiger partial charge on any atom is 0.0406 e. The zero-order valence-corrected chi connectivity index (χ0v) is 14.0. The van der Waals surface area contributed by atoms with Gasteiger partial charge in [0.2, 0.25) is 0 Å². The van der Waals surface area contributed by atoms with Gasteiger partial charge < -0.3 is 0 Å². The summed E-state index contributed by atoms with van der Waals surface area (Å²) in [5, 5.41) is 0.744. The fraction of sp³-hybridized carbons (Fsp3) is 0.333. The van der Waals surface area contributed by atoms with Crippen molar-refractivity contribution in [1.82, 2.24) is 0 Å². The molecule has 0 saturated carbocycles. The molecule has 0 aliphatic rings. The standard InChI is InChI=1S/C21H23Cl/c1-2-3-4-5-6-7-18-8-10-19(11-9-18)12-13-20-14-16-21(22)17-15-20/h8-11,14-17H,2-7H2,1H3. The van der Waals surface area contributed by atoms with Crippen LogP contribution in [0.25, 0.3) is 0 Å². The molecule has 0 radical (unpaired) electrons. The number of hydrogen-bond acceptors (Lipinski definition) is 0. The highest BCUT2D eigenvalue weighted by atomic mass is 35.5. The Kier molecular flexibility index (Phi) is 7.07. The van der Waals surface area contributed by atoms with E-state index in [1.54, 1.807) is 0 Å². The lowest BCUT2D eigenvalue weighted by Crippen LogP contribution is -1.86. The molecule has 0 spiro atoms. The van der Waals surface area contributed by atoms with Gasteiger partial charge in [0, 0.05) is 16.1 Å². The van der Waals surface area contributed by atoms with Gasteiger partial charge in [0.15, 0.2) is 0 Å². The third-order valence-corrected chi connectivity index (χ3v) is 3.97. The Hall–Kier alpha value is -1.71. The fourth-order valence-electron chi connectivity index (χ4n) is 2.36. The van der Waals surface area contributed by atoms with Gasteiger partial charge in [-0.15, -0.1) is 0 Å². The number of halogens is 1. The molecule has 2 rings (SSSR count). The molecule has 0 atom stereocenters. The van der Waals surface area contributed by atoms with Crippen molar-refractivity contribution in [2.24, 2.45) is 0 Å². The topological polar surface area (TPSA) is 0 Å². The van der Waals surface area contributed by atoms with Gasteiger partial charge in [0.05, 0.1) is 0 Å². The van der Waals surface area contributed by atoms with Crippen LogP contribution < -0.4 is 0 Å². The first-order valence-corrected chi connectivity index (χ1v) is 8.52. The predicted octanol–water partition coefficient (Wildman–Crippen LogP) is 6.25. The lowest BCUT2D eigenvalue weighted by molar-refractivity contribution is 0.632. The Labute approximate surface area is 139 Å². The van der Waals surface area contributed by atoms with Crippen LogP contribution in [0.1, 0.15) is 55.7 Å². The Bertz CT molecular complexity index is 612. The summed E-state index contributed by atoms with van der Waals surface area (Å²) in [7, 11) is 0. The Morgan fingerprint density at radius 2 is 1.27 bits per heavy atom. The number of unbranched alkanes of at least 4 members (excludes halogenated alkanes) is 4. The average Bonchev–Trinajstić information content (AvgIpc) is 2.55. The third-order valence-electron chi connectivity index (χ3n) is 3.72. The monoisotopic (exact) mass is 310 g/mol. The summed E-state index contributed by atoms with van der Waals surface area (Å²) in [6.07, 6.45) is 7.83. The maximum atomic E-state index is 5.87. The van der Waals surface area contributed by atoms with E-state index in [0.717, 1.165) is 16.1 Å². The molecule has 2 aromatic rings. The van der Waals surface area contributed by atoms with Gasteiger partial charge >= 0.3 is 0 Å². The number of rotatable bonds is 6. The Morgan fingerprint density at radius 3 is 1.86 bits per heavy atom. The molecule has 0 heterocycles. The highest BCUT2D eigenvalue weighted by Crippen LogP contribution is 2.11. The summed E-state index contributed by atoms with van der Waals surface area (Å²) in [5.41, 5.74) is 3.46. The average molecular weight is 311 g/mol. The van der Waals surface area contributed by atoms with Crippen LogP contribution in [0.3, 0.4) is 0 Å². The van der Waals surface area contributed by atoms with E-state index in [0.29, 0.717) is 0 Å². The molecule has 0 aliphatic carbocycles. The van der Waals surface area contributed by atoms with E-state index in [1.807, 2.05) is 24.3 Å². The van der Waals surface area contributed by atoms with E-state index in [2.05, 4.69) is 43.0 Å². The largest absolute Gasteiger partial charge is 0.0843 e. The molecule has 0 amide bonds. The molecule has 114 valence electrons. The normalized spacial score (nSPS) is 10.1. The summed E-state index contributed by atoms with van der Waals surface area (Å²) < 4.78 is 0. The van der Waals surface area contributed by atoms with Crippen molar-refractivity contribution in [3.63, 3.8) is 0 Å². The first-order chi connectivity index (χ1) is 10.8. The summed E-state index contributed by atoms with van der Waals surface area (Å²) in [6.45, 7) is 2.25. The highest BCUT2D eigenvalue weighted by molar-refractivity contribution is 6.30. The van der Waals surface area contributed by atoms with Crippen molar-refractivity contribution in [1.29, 1.82) is 0 Å². The minimum Gasteiger partial charge on any atom is -0.0843 e. The van der Waals surface area contributed by atoms with E-state index in [4.69, 9.17) is 11.6 Å². The van der Waals surface area contributed by atoms with Crippen LogP contribution in [0, 0.1) is 11.8 Å².